The molecule has 0 aliphatic heterocycles. The summed E-state index contributed by atoms with van der Waals surface area (Å²) in [6.07, 6.45) is 2.07. The Morgan fingerprint density at radius 1 is 0.947 bits per heavy atom. The van der Waals surface area contributed by atoms with Gasteiger partial charge in [-0.1, -0.05) is 54.6 Å². The molecule has 98 valence electrons. The molecule has 2 nitrogen and oxygen atoms in total. The molecular formula is C17H19NO. The standard InChI is InChI=1S/C17H19NO/c18-16(17(12-19)10-11-17)15-8-6-14(7-9-15)13-4-2-1-3-5-13/h1-9,16,19H,10-12,18H2. The van der Waals surface area contributed by atoms with Crippen LogP contribution in [0.2, 0.25) is 0 Å². The van der Waals surface area contributed by atoms with Gasteiger partial charge < -0.3 is 10.8 Å². The third-order valence-corrected chi connectivity index (χ3v) is 4.24. The second-order valence-corrected chi connectivity index (χ2v) is 5.49. The first kappa shape index (κ1) is 12.4. The fraction of sp³-hybridized carbons (Fsp3) is 0.294. The zero-order chi connectivity index (χ0) is 13.3. The lowest BCUT2D eigenvalue weighted by Crippen LogP contribution is -2.25. The highest BCUT2D eigenvalue weighted by atomic mass is 16.3. The molecule has 1 atom stereocenters. The largest absolute Gasteiger partial charge is 0.396 e. The molecule has 0 bridgehead atoms. The van der Waals surface area contributed by atoms with Gasteiger partial charge in [-0.2, -0.15) is 0 Å². The summed E-state index contributed by atoms with van der Waals surface area (Å²) in [5, 5.41) is 9.44. The van der Waals surface area contributed by atoms with E-state index in [1.807, 2.05) is 18.2 Å². The normalized spacial score (nSPS) is 18.0. The van der Waals surface area contributed by atoms with Crippen molar-refractivity contribution in [2.75, 3.05) is 6.61 Å². The summed E-state index contributed by atoms with van der Waals surface area (Å²) in [5.41, 5.74) is 9.74. The second kappa shape index (κ2) is 4.80. The van der Waals surface area contributed by atoms with Gasteiger partial charge in [-0.3, -0.25) is 0 Å². The van der Waals surface area contributed by atoms with Crippen LogP contribution in [0.15, 0.2) is 54.6 Å². The van der Waals surface area contributed by atoms with E-state index >= 15 is 0 Å². The highest BCUT2D eigenvalue weighted by Gasteiger charge is 2.47. The van der Waals surface area contributed by atoms with Gasteiger partial charge in [0.05, 0.1) is 6.61 Å². The Morgan fingerprint density at radius 3 is 2.05 bits per heavy atom. The van der Waals surface area contributed by atoms with Crippen LogP contribution in [0, 0.1) is 5.41 Å². The fourth-order valence-electron chi connectivity index (χ4n) is 2.60. The van der Waals surface area contributed by atoms with Crippen molar-refractivity contribution < 1.29 is 5.11 Å². The molecule has 19 heavy (non-hydrogen) atoms. The molecule has 2 heteroatoms. The molecule has 1 aliphatic rings. The van der Waals surface area contributed by atoms with Crippen LogP contribution in [-0.2, 0) is 0 Å². The van der Waals surface area contributed by atoms with E-state index < -0.39 is 0 Å². The van der Waals surface area contributed by atoms with E-state index in [2.05, 4.69) is 36.4 Å². The van der Waals surface area contributed by atoms with Crippen molar-refractivity contribution in [2.45, 2.75) is 18.9 Å². The lowest BCUT2D eigenvalue weighted by Gasteiger charge is -2.21. The maximum absolute atomic E-state index is 9.44. The zero-order valence-electron chi connectivity index (χ0n) is 10.9. The molecule has 0 amide bonds. The average Bonchev–Trinajstić information content (AvgIpc) is 3.29. The summed E-state index contributed by atoms with van der Waals surface area (Å²) in [6.45, 7) is 0.189. The van der Waals surface area contributed by atoms with Crippen LogP contribution in [-0.4, -0.2) is 11.7 Å². The van der Waals surface area contributed by atoms with Crippen LogP contribution >= 0.6 is 0 Å². The lowest BCUT2D eigenvalue weighted by molar-refractivity contribution is 0.188. The number of hydrogen-bond acceptors (Lipinski definition) is 2. The van der Waals surface area contributed by atoms with Gasteiger partial charge in [0.1, 0.15) is 0 Å². The minimum atomic E-state index is -0.0612. The van der Waals surface area contributed by atoms with Crippen LogP contribution < -0.4 is 5.73 Å². The van der Waals surface area contributed by atoms with Crippen molar-refractivity contribution in [1.29, 1.82) is 0 Å². The molecule has 0 aromatic heterocycles. The monoisotopic (exact) mass is 253 g/mol. The highest BCUT2D eigenvalue weighted by Crippen LogP contribution is 2.53. The molecule has 1 fully saturated rings. The summed E-state index contributed by atoms with van der Waals surface area (Å²) in [4.78, 5) is 0. The number of rotatable bonds is 4. The Hall–Kier alpha value is -1.64. The van der Waals surface area contributed by atoms with Crippen LogP contribution in [0.1, 0.15) is 24.4 Å². The van der Waals surface area contributed by atoms with Crippen molar-refractivity contribution in [3.05, 3.63) is 60.2 Å². The molecule has 1 aliphatic carbocycles. The third-order valence-electron chi connectivity index (χ3n) is 4.24. The molecule has 3 N–H and O–H groups in total. The van der Waals surface area contributed by atoms with Crippen LogP contribution in [0.5, 0.6) is 0 Å². The minimum absolute atomic E-state index is 0.0534. The SMILES string of the molecule is NC(c1ccc(-c2ccccc2)cc1)C1(CO)CC1. The van der Waals surface area contributed by atoms with Gasteiger partial charge in [0.25, 0.3) is 0 Å². The summed E-state index contributed by atoms with van der Waals surface area (Å²) in [5.74, 6) is 0. The first-order valence-electron chi connectivity index (χ1n) is 6.77. The number of hydrogen-bond donors (Lipinski definition) is 2. The van der Waals surface area contributed by atoms with E-state index in [0.717, 1.165) is 18.4 Å². The van der Waals surface area contributed by atoms with Gasteiger partial charge in [-0.05, 0) is 29.5 Å². The van der Waals surface area contributed by atoms with Gasteiger partial charge in [0.2, 0.25) is 0 Å². The Labute approximate surface area is 113 Å². The van der Waals surface area contributed by atoms with E-state index in [-0.39, 0.29) is 18.1 Å². The minimum Gasteiger partial charge on any atom is -0.396 e. The summed E-state index contributed by atoms with van der Waals surface area (Å²) in [7, 11) is 0. The highest BCUT2D eigenvalue weighted by molar-refractivity contribution is 5.63. The number of benzene rings is 2. The van der Waals surface area contributed by atoms with Gasteiger partial charge in [-0.25, -0.2) is 0 Å². The topological polar surface area (TPSA) is 46.2 Å². The third kappa shape index (κ3) is 2.29. The van der Waals surface area contributed by atoms with E-state index in [1.165, 1.54) is 11.1 Å². The molecule has 0 saturated heterocycles. The van der Waals surface area contributed by atoms with Gasteiger partial charge in [-0.15, -0.1) is 0 Å². The van der Waals surface area contributed by atoms with Crippen molar-refractivity contribution in [3.63, 3.8) is 0 Å². The van der Waals surface area contributed by atoms with Crippen molar-refractivity contribution in [2.24, 2.45) is 11.1 Å². The summed E-state index contributed by atoms with van der Waals surface area (Å²) < 4.78 is 0. The van der Waals surface area contributed by atoms with Crippen molar-refractivity contribution in [3.8, 4) is 11.1 Å². The van der Waals surface area contributed by atoms with E-state index in [9.17, 15) is 5.11 Å². The van der Waals surface area contributed by atoms with E-state index in [4.69, 9.17) is 5.73 Å². The van der Waals surface area contributed by atoms with Crippen LogP contribution in [0.4, 0.5) is 0 Å². The molecule has 0 radical (unpaired) electrons. The van der Waals surface area contributed by atoms with Gasteiger partial charge in [0.15, 0.2) is 0 Å². The van der Waals surface area contributed by atoms with Crippen molar-refractivity contribution >= 4 is 0 Å². The molecule has 2 aromatic rings. The molecule has 2 aromatic carbocycles. The smallest absolute Gasteiger partial charge is 0.0505 e. The first-order chi connectivity index (χ1) is 9.25. The van der Waals surface area contributed by atoms with Crippen LogP contribution in [0.25, 0.3) is 11.1 Å². The average molecular weight is 253 g/mol. The fourth-order valence-corrected chi connectivity index (χ4v) is 2.60. The number of nitrogens with two attached hydrogens (primary N) is 1. The molecule has 1 saturated carbocycles. The first-order valence-corrected chi connectivity index (χ1v) is 6.77. The molecule has 0 heterocycles. The maximum Gasteiger partial charge on any atom is 0.0505 e. The van der Waals surface area contributed by atoms with Crippen molar-refractivity contribution in [1.82, 2.24) is 0 Å². The predicted molar refractivity (Wildman–Crippen MR) is 77.6 cm³/mol. The molecule has 0 spiro atoms. The van der Waals surface area contributed by atoms with Gasteiger partial charge in [0, 0.05) is 11.5 Å². The second-order valence-electron chi connectivity index (χ2n) is 5.49. The number of aliphatic hydroxyl groups is 1. The van der Waals surface area contributed by atoms with Crippen LogP contribution in [0.3, 0.4) is 0 Å². The Morgan fingerprint density at radius 2 is 1.53 bits per heavy atom. The summed E-state index contributed by atoms with van der Waals surface area (Å²) in [6, 6.07) is 18.6. The Balaban J connectivity index is 1.83. The lowest BCUT2D eigenvalue weighted by atomic mass is 9.90. The Kier molecular flexibility index (Phi) is 3.13. The quantitative estimate of drug-likeness (QED) is 0.879. The maximum atomic E-state index is 9.44. The van der Waals surface area contributed by atoms with E-state index in [0.29, 0.717) is 0 Å². The summed E-state index contributed by atoms with van der Waals surface area (Å²) >= 11 is 0. The zero-order valence-corrected chi connectivity index (χ0v) is 10.9. The molecular weight excluding hydrogens is 234 g/mol. The van der Waals surface area contributed by atoms with Gasteiger partial charge >= 0.3 is 0 Å². The van der Waals surface area contributed by atoms with E-state index in [1.54, 1.807) is 0 Å². The Bertz CT molecular complexity index is 543. The molecule has 3 rings (SSSR count). The number of aliphatic hydroxyl groups excluding tert-OH is 1. The predicted octanol–water partition coefficient (Wildman–Crippen LogP) is 3.13. The molecule has 1 unspecified atom stereocenters.